The Morgan fingerprint density at radius 2 is 1.79 bits per heavy atom. The molecule has 0 aliphatic carbocycles. The Balaban J connectivity index is 2.45. The summed E-state index contributed by atoms with van der Waals surface area (Å²) in [5, 5.41) is 8.94. The van der Waals surface area contributed by atoms with Crippen molar-refractivity contribution in [1.29, 1.82) is 0 Å². The molecule has 0 aliphatic heterocycles. The van der Waals surface area contributed by atoms with E-state index in [9.17, 15) is 9.00 Å². The van der Waals surface area contributed by atoms with Gasteiger partial charge in [0.1, 0.15) is 16.2 Å². The second-order valence-corrected chi connectivity index (χ2v) is 6.51. The highest BCUT2D eigenvalue weighted by molar-refractivity contribution is 7.87. The van der Waals surface area contributed by atoms with Crippen molar-refractivity contribution in [1.82, 2.24) is 0 Å². The Labute approximate surface area is 115 Å². The minimum atomic E-state index is -1.49. The molecule has 0 amide bonds. The zero-order chi connectivity index (χ0) is 14.5. The molecule has 1 rings (SSSR count). The zero-order valence-electron chi connectivity index (χ0n) is 11.2. The monoisotopic (exact) mass is 286 g/mol. The van der Waals surface area contributed by atoms with Gasteiger partial charge in [-0.2, -0.15) is 0 Å². The molecule has 1 unspecified atom stereocenters. The van der Waals surface area contributed by atoms with Crippen LogP contribution in [0, 0.1) is 0 Å². The number of carboxylic acid groups (broad SMARTS) is 1. The van der Waals surface area contributed by atoms with Gasteiger partial charge in [0, 0.05) is 10.8 Å². The molecule has 5 nitrogen and oxygen atoms in total. The fourth-order valence-electron chi connectivity index (χ4n) is 1.26. The molecule has 0 aliphatic rings. The average molecular weight is 286 g/mol. The third-order valence-corrected chi connectivity index (χ3v) is 4.53. The summed E-state index contributed by atoms with van der Waals surface area (Å²) in [5.74, 6) is 0.454. The van der Waals surface area contributed by atoms with E-state index < -0.39 is 21.5 Å². The lowest BCUT2D eigenvalue weighted by atomic mass is 10.2. The highest BCUT2D eigenvalue weighted by Gasteiger charge is 2.34. The summed E-state index contributed by atoms with van der Waals surface area (Å²) in [6.45, 7) is 3.09. The van der Waals surface area contributed by atoms with Gasteiger partial charge in [0.2, 0.25) is 0 Å². The van der Waals surface area contributed by atoms with Crippen molar-refractivity contribution < 1.29 is 23.6 Å². The van der Waals surface area contributed by atoms with Crippen LogP contribution in [0.1, 0.15) is 13.8 Å². The lowest BCUT2D eigenvalue weighted by Gasteiger charge is -2.18. The molecule has 1 N–H and O–H groups in total. The van der Waals surface area contributed by atoms with Crippen LogP contribution < -0.4 is 9.47 Å². The fourth-order valence-corrected chi connectivity index (χ4v) is 2.20. The SMILES string of the molecule is COc1ccc(OCCS(=O)C(C)(C)C(=O)O)cc1. The molecule has 0 heterocycles. The Morgan fingerprint density at radius 1 is 1.26 bits per heavy atom. The Bertz CT molecular complexity index is 453. The summed E-state index contributed by atoms with van der Waals surface area (Å²) in [5.41, 5.74) is 0. The van der Waals surface area contributed by atoms with Crippen molar-refractivity contribution in [2.24, 2.45) is 0 Å². The third-order valence-electron chi connectivity index (χ3n) is 2.68. The zero-order valence-corrected chi connectivity index (χ0v) is 12.0. The third kappa shape index (κ3) is 4.24. The van der Waals surface area contributed by atoms with Crippen LogP contribution in [0.15, 0.2) is 24.3 Å². The molecule has 0 bridgehead atoms. The summed E-state index contributed by atoms with van der Waals surface area (Å²) in [6, 6.07) is 7.00. The van der Waals surface area contributed by atoms with Crippen LogP contribution in [0.25, 0.3) is 0 Å². The summed E-state index contributed by atoms with van der Waals surface area (Å²) in [6.07, 6.45) is 0. The first-order valence-electron chi connectivity index (χ1n) is 5.76. The van der Waals surface area contributed by atoms with Crippen LogP contribution in [0.5, 0.6) is 11.5 Å². The van der Waals surface area contributed by atoms with E-state index in [4.69, 9.17) is 14.6 Å². The predicted molar refractivity (Wildman–Crippen MR) is 73.2 cm³/mol. The van der Waals surface area contributed by atoms with Crippen molar-refractivity contribution in [3.05, 3.63) is 24.3 Å². The largest absolute Gasteiger partial charge is 0.497 e. The van der Waals surface area contributed by atoms with Crippen LogP contribution in [0.2, 0.25) is 0 Å². The second-order valence-electron chi connectivity index (χ2n) is 4.39. The Morgan fingerprint density at radius 3 is 2.26 bits per heavy atom. The van der Waals surface area contributed by atoms with Crippen molar-refractivity contribution in [3.63, 3.8) is 0 Å². The van der Waals surface area contributed by atoms with Gasteiger partial charge < -0.3 is 14.6 Å². The summed E-state index contributed by atoms with van der Waals surface area (Å²) in [4.78, 5) is 10.9. The van der Waals surface area contributed by atoms with Crippen LogP contribution in [-0.2, 0) is 15.6 Å². The Kier molecular flexibility index (Phi) is 5.35. The second kappa shape index (κ2) is 6.56. The van der Waals surface area contributed by atoms with E-state index in [1.807, 2.05) is 0 Å². The molecule has 0 radical (unpaired) electrons. The number of ether oxygens (including phenoxy) is 2. The topological polar surface area (TPSA) is 72.8 Å². The van der Waals surface area contributed by atoms with Crippen molar-refractivity contribution in [3.8, 4) is 11.5 Å². The van der Waals surface area contributed by atoms with E-state index in [2.05, 4.69) is 0 Å². The standard InChI is InChI=1S/C13H18O5S/c1-13(2,12(14)15)19(16)9-8-18-11-6-4-10(17-3)5-7-11/h4-7H,8-9H2,1-3H3,(H,14,15). The number of hydrogen-bond acceptors (Lipinski definition) is 4. The summed E-state index contributed by atoms with van der Waals surface area (Å²) in [7, 11) is 0.0870. The molecule has 0 spiro atoms. The molecule has 0 fully saturated rings. The first kappa shape index (κ1) is 15.5. The highest BCUT2D eigenvalue weighted by atomic mass is 32.2. The van der Waals surface area contributed by atoms with Crippen LogP contribution in [0.4, 0.5) is 0 Å². The smallest absolute Gasteiger partial charge is 0.321 e. The number of carboxylic acids is 1. The average Bonchev–Trinajstić information content (AvgIpc) is 2.39. The molecule has 0 aromatic heterocycles. The van der Waals surface area contributed by atoms with Crippen LogP contribution in [0.3, 0.4) is 0 Å². The van der Waals surface area contributed by atoms with E-state index >= 15 is 0 Å². The minimum absolute atomic E-state index is 0.172. The number of rotatable bonds is 7. The Hall–Kier alpha value is -1.56. The maximum Gasteiger partial charge on any atom is 0.321 e. The summed E-state index contributed by atoms with van der Waals surface area (Å²) < 4.78 is 21.0. The quantitative estimate of drug-likeness (QED) is 0.825. The molecular weight excluding hydrogens is 268 g/mol. The molecular formula is C13H18O5S. The number of carbonyl (C=O) groups is 1. The highest BCUT2D eigenvalue weighted by Crippen LogP contribution is 2.18. The molecule has 0 saturated carbocycles. The maximum atomic E-state index is 11.8. The number of hydrogen-bond donors (Lipinski definition) is 1. The van der Waals surface area contributed by atoms with E-state index in [1.165, 1.54) is 13.8 Å². The van der Waals surface area contributed by atoms with Crippen molar-refractivity contribution in [2.75, 3.05) is 19.5 Å². The number of methoxy groups -OCH3 is 1. The lowest BCUT2D eigenvalue weighted by molar-refractivity contribution is -0.139. The van der Waals surface area contributed by atoms with Crippen LogP contribution in [-0.4, -0.2) is 39.5 Å². The van der Waals surface area contributed by atoms with Gasteiger partial charge in [0.05, 0.1) is 19.5 Å². The number of benzene rings is 1. The first-order chi connectivity index (χ1) is 8.87. The van der Waals surface area contributed by atoms with Crippen molar-refractivity contribution in [2.45, 2.75) is 18.6 Å². The van der Waals surface area contributed by atoms with Gasteiger partial charge in [-0.1, -0.05) is 0 Å². The van der Waals surface area contributed by atoms with Gasteiger partial charge in [-0.15, -0.1) is 0 Å². The van der Waals surface area contributed by atoms with Crippen LogP contribution >= 0.6 is 0 Å². The van der Waals surface area contributed by atoms with E-state index in [0.29, 0.717) is 5.75 Å². The van der Waals surface area contributed by atoms with E-state index in [0.717, 1.165) is 5.75 Å². The predicted octanol–water partition coefficient (Wildman–Crippen LogP) is 1.69. The maximum absolute atomic E-state index is 11.8. The van der Waals surface area contributed by atoms with Gasteiger partial charge in [0.25, 0.3) is 0 Å². The van der Waals surface area contributed by atoms with Gasteiger partial charge in [-0.25, -0.2) is 0 Å². The van der Waals surface area contributed by atoms with Gasteiger partial charge in [-0.3, -0.25) is 9.00 Å². The molecule has 1 atom stereocenters. The van der Waals surface area contributed by atoms with Gasteiger partial charge in [-0.05, 0) is 38.1 Å². The number of aliphatic carboxylic acids is 1. The molecule has 1 aromatic rings. The van der Waals surface area contributed by atoms with Gasteiger partial charge >= 0.3 is 5.97 Å². The fraction of sp³-hybridized carbons (Fsp3) is 0.462. The van der Waals surface area contributed by atoms with Crippen molar-refractivity contribution >= 4 is 16.8 Å². The molecule has 106 valence electrons. The van der Waals surface area contributed by atoms with Gasteiger partial charge in [0.15, 0.2) is 0 Å². The molecule has 19 heavy (non-hydrogen) atoms. The van der Waals surface area contributed by atoms with E-state index in [1.54, 1.807) is 31.4 Å². The molecule has 1 aromatic carbocycles. The minimum Gasteiger partial charge on any atom is -0.497 e. The van der Waals surface area contributed by atoms with E-state index in [-0.39, 0.29) is 12.4 Å². The lowest BCUT2D eigenvalue weighted by Crippen LogP contribution is -2.38. The molecule has 6 heteroatoms. The molecule has 0 saturated heterocycles. The first-order valence-corrected chi connectivity index (χ1v) is 7.08. The summed E-state index contributed by atoms with van der Waals surface area (Å²) >= 11 is 0. The normalized spacial score (nSPS) is 12.8.